The molecule has 0 aromatic heterocycles. The van der Waals surface area contributed by atoms with Gasteiger partial charge in [-0.15, -0.1) is 0 Å². The first-order chi connectivity index (χ1) is 11.1. The maximum Gasteiger partial charge on any atom is 0.243 e. The first-order valence-corrected chi connectivity index (χ1v) is 10.5. The molecule has 8 nitrogen and oxygen atoms in total. The molecule has 1 aliphatic rings. The normalized spacial score (nSPS) is 20.1. The average Bonchev–Trinajstić information content (AvgIpc) is 2.85. The van der Waals surface area contributed by atoms with Crippen molar-refractivity contribution in [2.45, 2.75) is 24.3 Å². The molecule has 10 heteroatoms. The van der Waals surface area contributed by atoms with Gasteiger partial charge in [0.25, 0.3) is 0 Å². The largest absolute Gasteiger partial charge is 0.495 e. The van der Waals surface area contributed by atoms with Crippen molar-refractivity contribution in [3.05, 3.63) is 18.2 Å². The van der Waals surface area contributed by atoms with Gasteiger partial charge in [0.05, 0.1) is 29.2 Å². The first-order valence-electron chi connectivity index (χ1n) is 7.21. The molecule has 24 heavy (non-hydrogen) atoms. The summed E-state index contributed by atoms with van der Waals surface area (Å²) in [5.41, 5.74) is 0.235. The van der Waals surface area contributed by atoms with Crippen molar-refractivity contribution in [3.63, 3.8) is 0 Å². The number of carbonyl (C=O) groups is 1. The van der Waals surface area contributed by atoms with Crippen molar-refractivity contribution in [2.75, 3.05) is 31.0 Å². The second kappa shape index (κ2) is 6.69. The lowest BCUT2D eigenvalue weighted by atomic mass is 10.3. The van der Waals surface area contributed by atoms with Gasteiger partial charge in [0.2, 0.25) is 15.9 Å². The SMILES string of the molecule is COc1ccc(S(=O)(=O)N(C)[C@H]2CCS(=O)(=O)C2)cc1NC(C)=O. The first kappa shape index (κ1) is 18.7. The average molecular weight is 376 g/mol. The molecule has 134 valence electrons. The van der Waals surface area contributed by atoms with E-state index < -0.39 is 25.9 Å². The van der Waals surface area contributed by atoms with Gasteiger partial charge in [0.15, 0.2) is 9.84 Å². The lowest BCUT2D eigenvalue weighted by molar-refractivity contribution is -0.114. The van der Waals surface area contributed by atoms with Crippen LogP contribution in [0.25, 0.3) is 0 Å². The van der Waals surface area contributed by atoms with Gasteiger partial charge < -0.3 is 10.1 Å². The molecule has 0 saturated carbocycles. The molecule has 1 saturated heterocycles. The Balaban J connectivity index is 2.36. The highest BCUT2D eigenvalue weighted by Crippen LogP contribution is 2.30. The zero-order chi connectivity index (χ0) is 18.1. The van der Waals surface area contributed by atoms with Gasteiger partial charge in [0.1, 0.15) is 5.75 Å². The minimum Gasteiger partial charge on any atom is -0.495 e. The third kappa shape index (κ3) is 3.87. The van der Waals surface area contributed by atoms with Crippen molar-refractivity contribution in [1.82, 2.24) is 4.31 Å². The van der Waals surface area contributed by atoms with E-state index in [0.717, 1.165) is 4.31 Å². The van der Waals surface area contributed by atoms with Gasteiger partial charge in [-0.3, -0.25) is 4.79 Å². The molecule has 0 radical (unpaired) electrons. The quantitative estimate of drug-likeness (QED) is 0.799. The molecular weight excluding hydrogens is 356 g/mol. The van der Waals surface area contributed by atoms with Gasteiger partial charge in [0, 0.05) is 20.0 Å². The number of benzene rings is 1. The molecular formula is C14H20N2O6S2. The van der Waals surface area contributed by atoms with Gasteiger partial charge in [-0.2, -0.15) is 4.31 Å². The Kier molecular flexibility index (Phi) is 5.21. The number of methoxy groups -OCH3 is 1. The molecule has 1 aliphatic heterocycles. The maximum absolute atomic E-state index is 12.7. The van der Waals surface area contributed by atoms with E-state index in [2.05, 4.69) is 5.32 Å². The summed E-state index contributed by atoms with van der Waals surface area (Å²) in [6, 6.07) is 3.51. The molecule has 1 aromatic rings. The Morgan fingerprint density at radius 1 is 1.38 bits per heavy atom. The number of hydrogen-bond acceptors (Lipinski definition) is 6. The topological polar surface area (TPSA) is 110 Å². The highest BCUT2D eigenvalue weighted by atomic mass is 32.2. The Hall–Kier alpha value is -1.65. The Morgan fingerprint density at radius 2 is 2.04 bits per heavy atom. The number of rotatable bonds is 5. The van der Waals surface area contributed by atoms with Crippen molar-refractivity contribution >= 4 is 31.5 Å². The fourth-order valence-electron chi connectivity index (χ4n) is 2.56. The summed E-state index contributed by atoms with van der Waals surface area (Å²) < 4.78 is 54.8. The summed E-state index contributed by atoms with van der Waals surface area (Å²) in [5.74, 6) is -0.234. The van der Waals surface area contributed by atoms with E-state index >= 15 is 0 Å². The lowest BCUT2D eigenvalue weighted by Crippen LogP contribution is -2.37. The number of hydrogen-bond donors (Lipinski definition) is 1. The van der Waals surface area contributed by atoms with E-state index in [9.17, 15) is 21.6 Å². The fourth-order valence-corrected chi connectivity index (χ4v) is 5.84. The van der Waals surface area contributed by atoms with Crippen LogP contribution in [-0.2, 0) is 24.7 Å². The molecule has 1 aromatic carbocycles. The van der Waals surface area contributed by atoms with Crippen molar-refractivity contribution in [2.24, 2.45) is 0 Å². The van der Waals surface area contributed by atoms with Crippen LogP contribution < -0.4 is 10.1 Å². The molecule has 0 bridgehead atoms. The van der Waals surface area contributed by atoms with E-state index in [-0.39, 0.29) is 34.4 Å². The van der Waals surface area contributed by atoms with Crippen molar-refractivity contribution in [1.29, 1.82) is 0 Å². The molecule has 1 heterocycles. The van der Waals surface area contributed by atoms with E-state index in [4.69, 9.17) is 4.74 Å². The second-order valence-electron chi connectivity index (χ2n) is 5.62. The molecule has 1 N–H and O–H groups in total. The molecule has 1 atom stereocenters. The summed E-state index contributed by atoms with van der Waals surface area (Å²) >= 11 is 0. The summed E-state index contributed by atoms with van der Waals surface area (Å²) in [6.45, 7) is 1.30. The van der Waals surface area contributed by atoms with Gasteiger partial charge >= 0.3 is 0 Å². The van der Waals surface area contributed by atoms with E-state index in [1.807, 2.05) is 0 Å². The van der Waals surface area contributed by atoms with Gasteiger partial charge in [-0.25, -0.2) is 16.8 Å². The van der Waals surface area contributed by atoms with Crippen LogP contribution in [0.2, 0.25) is 0 Å². The summed E-state index contributed by atoms with van der Waals surface area (Å²) in [5, 5.41) is 2.52. The zero-order valence-corrected chi connectivity index (χ0v) is 15.3. The number of sulfonamides is 1. The third-order valence-electron chi connectivity index (χ3n) is 3.88. The Morgan fingerprint density at radius 3 is 2.54 bits per heavy atom. The molecule has 0 spiro atoms. The summed E-state index contributed by atoms with van der Waals surface area (Å²) in [7, 11) is -4.32. The highest BCUT2D eigenvalue weighted by Gasteiger charge is 2.36. The number of anilines is 1. The predicted octanol–water partition coefficient (Wildman–Crippen LogP) is 0.461. The van der Waals surface area contributed by atoms with Crippen LogP contribution in [0.4, 0.5) is 5.69 Å². The summed E-state index contributed by atoms with van der Waals surface area (Å²) in [4.78, 5) is 11.2. The van der Waals surface area contributed by atoms with Crippen LogP contribution >= 0.6 is 0 Å². The number of ether oxygens (including phenoxy) is 1. The number of amides is 1. The minimum atomic E-state index is -3.89. The monoisotopic (exact) mass is 376 g/mol. The summed E-state index contributed by atoms with van der Waals surface area (Å²) in [6.07, 6.45) is 0.271. The molecule has 0 unspecified atom stereocenters. The van der Waals surface area contributed by atoms with Gasteiger partial charge in [-0.1, -0.05) is 0 Å². The van der Waals surface area contributed by atoms with Crippen LogP contribution in [0.1, 0.15) is 13.3 Å². The molecule has 1 amide bonds. The third-order valence-corrected chi connectivity index (χ3v) is 7.54. The molecule has 1 fully saturated rings. The number of carbonyl (C=O) groups excluding carboxylic acids is 1. The van der Waals surface area contributed by atoms with E-state index in [1.54, 1.807) is 0 Å². The van der Waals surface area contributed by atoms with Crippen LogP contribution in [0, 0.1) is 0 Å². The minimum absolute atomic E-state index is 0.0166. The predicted molar refractivity (Wildman–Crippen MR) is 89.3 cm³/mol. The number of nitrogens with zero attached hydrogens (tertiary/aromatic N) is 1. The number of sulfone groups is 1. The van der Waals surface area contributed by atoms with Crippen LogP contribution in [0.5, 0.6) is 5.75 Å². The van der Waals surface area contributed by atoms with Gasteiger partial charge in [-0.05, 0) is 24.6 Å². The maximum atomic E-state index is 12.7. The fraction of sp³-hybridized carbons (Fsp3) is 0.500. The van der Waals surface area contributed by atoms with Crippen molar-refractivity contribution in [3.8, 4) is 5.75 Å². The number of nitrogens with one attached hydrogen (secondary N) is 1. The Bertz CT molecular complexity index is 848. The van der Waals surface area contributed by atoms with E-state index in [0.29, 0.717) is 5.75 Å². The smallest absolute Gasteiger partial charge is 0.243 e. The second-order valence-corrected chi connectivity index (χ2v) is 9.85. The standard InChI is InChI=1S/C14H20N2O6S2/c1-10(17)15-13-8-12(4-5-14(13)22-3)24(20,21)16(2)11-6-7-23(18,19)9-11/h4-5,8,11H,6-7,9H2,1-3H3,(H,15,17)/t11-/m0/s1. The zero-order valence-electron chi connectivity index (χ0n) is 13.6. The van der Waals surface area contributed by atoms with Crippen LogP contribution in [0.3, 0.4) is 0 Å². The van der Waals surface area contributed by atoms with Crippen LogP contribution in [0.15, 0.2) is 23.1 Å². The molecule has 2 rings (SSSR count). The highest BCUT2D eigenvalue weighted by molar-refractivity contribution is 7.92. The Labute approximate surface area is 141 Å². The lowest BCUT2D eigenvalue weighted by Gasteiger charge is -2.23. The van der Waals surface area contributed by atoms with Crippen molar-refractivity contribution < 1.29 is 26.4 Å². The molecule has 0 aliphatic carbocycles. The van der Waals surface area contributed by atoms with Crippen LogP contribution in [-0.4, -0.2) is 58.8 Å². The van der Waals surface area contributed by atoms with E-state index in [1.165, 1.54) is 39.3 Å².